The molecule has 0 spiro atoms. The van der Waals surface area contributed by atoms with Gasteiger partial charge in [-0.25, -0.2) is 4.90 Å². The van der Waals surface area contributed by atoms with Gasteiger partial charge in [0, 0.05) is 19.5 Å². The molecule has 1 aromatic rings. The highest BCUT2D eigenvalue weighted by Gasteiger charge is 2.40. The number of hydrogen-bond donors (Lipinski definition) is 1. The Morgan fingerprint density at radius 3 is 2.70 bits per heavy atom. The van der Waals surface area contributed by atoms with Gasteiger partial charge in [0.2, 0.25) is 11.8 Å². The van der Waals surface area contributed by atoms with Crippen molar-refractivity contribution in [1.82, 2.24) is 5.32 Å². The summed E-state index contributed by atoms with van der Waals surface area (Å²) in [6.07, 6.45) is 0.137. The first-order valence-corrected chi connectivity index (χ1v) is 8.88. The third-order valence-corrected chi connectivity index (χ3v) is 5.04. The summed E-state index contributed by atoms with van der Waals surface area (Å²) in [5, 5.41) is 3.99. The number of imide groups is 1. The van der Waals surface area contributed by atoms with Crippen LogP contribution in [-0.2, 0) is 9.59 Å². The summed E-state index contributed by atoms with van der Waals surface area (Å²) in [4.78, 5) is 30.3. The Hall–Kier alpha value is -1.24. The lowest BCUT2D eigenvalue weighted by atomic mass is 10.3. The molecule has 1 aliphatic heterocycles. The Bertz CT molecular complexity index is 652. The number of benzene rings is 1. The van der Waals surface area contributed by atoms with E-state index in [2.05, 4.69) is 10.3 Å². The van der Waals surface area contributed by atoms with Gasteiger partial charge in [0.25, 0.3) is 0 Å². The molecule has 124 valence electrons. The van der Waals surface area contributed by atoms with Gasteiger partial charge in [-0.15, -0.1) is 0 Å². The molecule has 2 rings (SSSR count). The predicted octanol–water partition coefficient (Wildman–Crippen LogP) is 3.34. The molecule has 1 atom stereocenters. The Morgan fingerprint density at radius 1 is 1.35 bits per heavy atom. The molecule has 1 heterocycles. The fraction of sp³-hybridized carbons (Fsp3) is 0.400. The Morgan fingerprint density at radius 2 is 2.09 bits per heavy atom. The van der Waals surface area contributed by atoms with E-state index < -0.39 is 5.25 Å². The van der Waals surface area contributed by atoms with Gasteiger partial charge in [-0.2, -0.15) is 0 Å². The lowest BCUT2D eigenvalue weighted by molar-refractivity contribution is -0.121. The highest BCUT2D eigenvalue weighted by atomic mass is 35.5. The SMILES string of the molecule is CCN=C(NCC)SC1CC(=O)N(c2ccc(Cl)c(Cl)c2)C1=O. The maximum atomic E-state index is 12.6. The standard InChI is InChI=1S/C15H17Cl2N3O2S/c1-3-18-15(19-4-2)23-12-8-13(21)20(14(12)22)9-5-6-10(16)11(17)7-9/h5-7,12H,3-4,8H2,1-2H3,(H,18,19). The second-order valence-electron chi connectivity index (χ2n) is 4.79. The van der Waals surface area contributed by atoms with Gasteiger partial charge in [-0.1, -0.05) is 35.0 Å². The zero-order chi connectivity index (χ0) is 17.0. The van der Waals surface area contributed by atoms with Crippen LogP contribution < -0.4 is 10.2 Å². The van der Waals surface area contributed by atoms with Crippen LogP contribution in [0.1, 0.15) is 20.3 Å². The molecule has 1 N–H and O–H groups in total. The number of halogens is 2. The number of amides is 2. The molecular formula is C15H17Cl2N3O2S. The zero-order valence-corrected chi connectivity index (χ0v) is 15.1. The van der Waals surface area contributed by atoms with Crippen molar-refractivity contribution in [3.63, 3.8) is 0 Å². The summed E-state index contributed by atoms with van der Waals surface area (Å²) in [7, 11) is 0. The van der Waals surface area contributed by atoms with Gasteiger partial charge >= 0.3 is 0 Å². The first-order chi connectivity index (χ1) is 11.0. The third-order valence-electron chi connectivity index (χ3n) is 3.15. The minimum Gasteiger partial charge on any atom is -0.365 e. The number of rotatable bonds is 4. The molecule has 5 nitrogen and oxygen atoms in total. The lowest BCUT2D eigenvalue weighted by Crippen LogP contribution is -2.32. The van der Waals surface area contributed by atoms with Crippen LogP contribution >= 0.6 is 35.0 Å². The van der Waals surface area contributed by atoms with Crippen molar-refractivity contribution in [2.24, 2.45) is 4.99 Å². The van der Waals surface area contributed by atoms with Crippen LogP contribution in [0.25, 0.3) is 0 Å². The van der Waals surface area contributed by atoms with Crippen molar-refractivity contribution < 1.29 is 9.59 Å². The second-order valence-corrected chi connectivity index (χ2v) is 6.79. The van der Waals surface area contributed by atoms with Crippen molar-refractivity contribution in [2.45, 2.75) is 25.5 Å². The van der Waals surface area contributed by atoms with Crippen LogP contribution in [-0.4, -0.2) is 35.3 Å². The van der Waals surface area contributed by atoms with E-state index >= 15 is 0 Å². The fourth-order valence-corrected chi connectivity index (χ4v) is 3.58. The number of nitrogens with zero attached hydrogens (tertiary/aromatic N) is 2. The monoisotopic (exact) mass is 373 g/mol. The molecule has 0 aromatic heterocycles. The van der Waals surface area contributed by atoms with Gasteiger partial charge in [-0.05, 0) is 32.0 Å². The van der Waals surface area contributed by atoms with Crippen molar-refractivity contribution in [1.29, 1.82) is 0 Å². The highest BCUT2D eigenvalue weighted by Crippen LogP contribution is 2.33. The molecule has 2 amide bonds. The molecule has 1 unspecified atom stereocenters. The summed E-state index contributed by atoms with van der Waals surface area (Å²) in [6, 6.07) is 4.71. The van der Waals surface area contributed by atoms with E-state index in [9.17, 15) is 9.59 Å². The number of carbonyl (C=O) groups is 2. The zero-order valence-electron chi connectivity index (χ0n) is 12.8. The number of nitrogens with one attached hydrogen (secondary N) is 1. The maximum Gasteiger partial charge on any atom is 0.247 e. The van der Waals surface area contributed by atoms with Crippen LogP contribution in [0.15, 0.2) is 23.2 Å². The Labute approximate surface area is 149 Å². The number of anilines is 1. The normalized spacial score (nSPS) is 18.7. The molecule has 0 aliphatic carbocycles. The van der Waals surface area contributed by atoms with E-state index in [0.717, 1.165) is 4.90 Å². The van der Waals surface area contributed by atoms with Crippen LogP contribution in [0.5, 0.6) is 0 Å². The average Bonchev–Trinajstić information content (AvgIpc) is 2.77. The van der Waals surface area contributed by atoms with Crippen molar-refractivity contribution in [2.75, 3.05) is 18.0 Å². The van der Waals surface area contributed by atoms with E-state index in [4.69, 9.17) is 23.2 Å². The predicted molar refractivity (Wildman–Crippen MR) is 96.6 cm³/mol. The minimum atomic E-state index is -0.485. The summed E-state index contributed by atoms with van der Waals surface area (Å²) >= 11 is 13.1. The molecule has 0 saturated carbocycles. The van der Waals surface area contributed by atoms with E-state index in [1.54, 1.807) is 12.1 Å². The van der Waals surface area contributed by atoms with Gasteiger partial charge in [0.15, 0.2) is 5.17 Å². The van der Waals surface area contributed by atoms with Gasteiger partial charge in [0.05, 0.1) is 15.7 Å². The summed E-state index contributed by atoms with van der Waals surface area (Å²) in [6.45, 7) is 5.19. The van der Waals surface area contributed by atoms with E-state index in [1.165, 1.54) is 17.8 Å². The number of carbonyl (C=O) groups excluding carboxylic acids is 2. The van der Waals surface area contributed by atoms with Crippen molar-refractivity contribution >= 4 is 57.6 Å². The third kappa shape index (κ3) is 4.19. The minimum absolute atomic E-state index is 0.137. The highest BCUT2D eigenvalue weighted by molar-refractivity contribution is 8.15. The average molecular weight is 374 g/mol. The van der Waals surface area contributed by atoms with Gasteiger partial charge in [-0.3, -0.25) is 14.6 Å². The molecule has 8 heteroatoms. The molecular weight excluding hydrogens is 357 g/mol. The smallest absolute Gasteiger partial charge is 0.247 e. The van der Waals surface area contributed by atoms with Gasteiger partial charge in [0.1, 0.15) is 5.25 Å². The topological polar surface area (TPSA) is 61.8 Å². The van der Waals surface area contributed by atoms with Crippen LogP contribution in [0.4, 0.5) is 5.69 Å². The van der Waals surface area contributed by atoms with E-state index in [1.807, 2.05) is 13.8 Å². The summed E-state index contributed by atoms with van der Waals surface area (Å²) < 4.78 is 0. The summed E-state index contributed by atoms with van der Waals surface area (Å²) in [5.74, 6) is -0.515. The number of thioether (sulfide) groups is 1. The molecule has 1 aliphatic rings. The first-order valence-electron chi connectivity index (χ1n) is 7.24. The van der Waals surface area contributed by atoms with Crippen LogP contribution in [0.3, 0.4) is 0 Å². The van der Waals surface area contributed by atoms with Crippen molar-refractivity contribution in [3.05, 3.63) is 28.2 Å². The molecule has 23 heavy (non-hydrogen) atoms. The van der Waals surface area contributed by atoms with Crippen LogP contribution in [0.2, 0.25) is 10.0 Å². The summed E-state index contributed by atoms with van der Waals surface area (Å²) in [5.41, 5.74) is 0.440. The van der Waals surface area contributed by atoms with Gasteiger partial charge < -0.3 is 5.32 Å². The van der Waals surface area contributed by atoms with Crippen molar-refractivity contribution in [3.8, 4) is 0 Å². The lowest BCUT2D eigenvalue weighted by Gasteiger charge is -2.16. The molecule has 0 bridgehead atoms. The molecule has 1 fully saturated rings. The van der Waals surface area contributed by atoms with E-state index in [-0.39, 0.29) is 18.2 Å². The number of aliphatic imine (C=N–C) groups is 1. The number of hydrogen-bond acceptors (Lipinski definition) is 4. The first kappa shape index (κ1) is 18.1. The molecule has 0 radical (unpaired) electrons. The second kappa shape index (κ2) is 8.04. The number of amidine groups is 1. The quantitative estimate of drug-likeness (QED) is 0.499. The molecule has 1 aromatic carbocycles. The van der Waals surface area contributed by atoms with Crippen LogP contribution in [0, 0.1) is 0 Å². The Kier molecular flexibility index (Phi) is 6.33. The largest absolute Gasteiger partial charge is 0.365 e. The Balaban J connectivity index is 2.19. The molecule has 1 saturated heterocycles. The van der Waals surface area contributed by atoms with E-state index in [0.29, 0.717) is 34.0 Å². The fourth-order valence-electron chi connectivity index (χ4n) is 2.16. The maximum absolute atomic E-state index is 12.6.